The number of esters is 1. The first-order chi connectivity index (χ1) is 9.47. The van der Waals surface area contributed by atoms with Gasteiger partial charge in [-0.15, -0.1) is 0 Å². The first-order valence-corrected chi connectivity index (χ1v) is 6.12. The van der Waals surface area contributed by atoms with Crippen molar-refractivity contribution in [2.75, 3.05) is 19.8 Å². The molecule has 112 valence electrons. The SMILES string of the molecule is N[C@@H](Cc1ccc(O)c(O)c1)C(=O)OCC(CO)CO. The highest BCUT2D eigenvalue weighted by atomic mass is 16.5. The Morgan fingerprint density at radius 2 is 1.85 bits per heavy atom. The molecular weight excluding hydrogens is 266 g/mol. The Hall–Kier alpha value is -1.83. The average Bonchev–Trinajstić information content (AvgIpc) is 2.43. The summed E-state index contributed by atoms with van der Waals surface area (Å²) in [6.45, 7) is -0.684. The van der Waals surface area contributed by atoms with Gasteiger partial charge in [0.2, 0.25) is 0 Å². The lowest BCUT2D eigenvalue weighted by atomic mass is 10.1. The van der Waals surface area contributed by atoms with Crippen LogP contribution in [0.2, 0.25) is 0 Å². The van der Waals surface area contributed by atoms with Crippen molar-refractivity contribution < 1.29 is 30.0 Å². The third kappa shape index (κ3) is 4.69. The van der Waals surface area contributed by atoms with Crippen LogP contribution in [0.15, 0.2) is 18.2 Å². The number of rotatable bonds is 7. The van der Waals surface area contributed by atoms with Crippen LogP contribution in [0.25, 0.3) is 0 Å². The van der Waals surface area contributed by atoms with E-state index in [1.807, 2.05) is 0 Å². The zero-order valence-electron chi connectivity index (χ0n) is 10.9. The molecule has 0 bridgehead atoms. The second-order valence-electron chi connectivity index (χ2n) is 4.49. The fourth-order valence-corrected chi connectivity index (χ4v) is 1.50. The topological polar surface area (TPSA) is 133 Å². The van der Waals surface area contributed by atoms with E-state index in [0.717, 1.165) is 0 Å². The number of benzene rings is 1. The smallest absolute Gasteiger partial charge is 0.323 e. The molecule has 6 N–H and O–H groups in total. The van der Waals surface area contributed by atoms with E-state index < -0.39 is 17.9 Å². The lowest BCUT2D eigenvalue weighted by molar-refractivity contribution is -0.147. The van der Waals surface area contributed by atoms with Gasteiger partial charge in [-0.3, -0.25) is 4.79 Å². The molecule has 0 radical (unpaired) electrons. The van der Waals surface area contributed by atoms with Crippen molar-refractivity contribution in [1.82, 2.24) is 0 Å². The molecule has 0 aliphatic rings. The normalized spacial score (nSPS) is 12.4. The van der Waals surface area contributed by atoms with E-state index in [1.165, 1.54) is 18.2 Å². The quantitative estimate of drug-likeness (QED) is 0.324. The van der Waals surface area contributed by atoms with Gasteiger partial charge >= 0.3 is 5.97 Å². The molecule has 20 heavy (non-hydrogen) atoms. The predicted octanol–water partition coefficient (Wildman–Crippen LogP) is -0.888. The van der Waals surface area contributed by atoms with Crippen molar-refractivity contribution in [3.8, 4) is 11.5 Å². The van der Waals surface area contributed by atoms with Crippen LogP contribution in [-0.4, -0.2) is 52.3 Å². The fraction of sp³-hybridized carbons (Fsp3) is 0.462. The number of hydrogen-bond acceptors (Lipinski definition) is 7. The number of aromatic hydroxyl groups is 2. The molecule has 0 unspecified atom stereocenters. The minimum absolute atomic E-state index is 0.111. The summed E-state index contributed by atoms with van der Waals surface area (Å²) in [5.74, 6) is -1.73. The van der Waals surface area contributed by atoms with Crippen molar-refractivity contribution in [1.29, 1.82) is 0 Å². The molecule has 0 aliphatic heterocycles. The van der Waals surface area contributed by atoms with Gasteiger partial charge in [0.05, 0.1) is 19.8 Å². The van der Waals surface area contributed by atoms with Crippen LogP contribution in [0.3, 0.4) is 0 Å². The molecule has 0 heterocycles. The second kappa shape index (κ2) is 7.68. The summed E-state index contributed by atoms with van der Waals surface area (Å²) in [5.41, 5.74) is 6.24. The van der Waals surface area contributed by atoms with Crippen LogP contribution in [0.5, 0.6) is 11.5 Å². The number of hydrogen-bond donors (Lipinski definition) is 5. The molecule has 0 saturated heterocycles. The van der Waals surface area contributed by atoms with Gasteiger partial charge in [-0.2, -0.15) is 0 Å². The molecule has 0 amide bonds. The van der Waals surface area contributed by atoms with Crippen molar-refractivity contribution in [3.63, 3.8) is 0 Å². The van der Waals surface area contributed by atoms with Crippen LogP contribution in [-0.2, 0) is 16.0 Å². The highest BCUT2D eigenvalue weighted by molar-refractivity contribution is 5.76. The fourth-order valence-electron chi connectivity index (χ4n) is 1.50. The van der Waals surface area contributed by atoms with Gasteiger partial charge in [0, 0.05) is 5.92 Å². The van der Waals surface area contributed by atoms with Crippen LogP contribution in [0, 0.1) is 5.92 Å². The number of carbonyl (C=O) groups excluding carboxylic acids is 1. The first kappa shape index (κ1) is 16.2. The van der Waals surface area contributed by atoms with Gasteiger partial charge in [-0.25, -0.2) is 0 Å². The van der Waals surface area contributed by atoms with Gasteiger partial charge in [-0.05, 0) is 24.1 Å². The zero-order valence-corrected chi connectivity index (χ0v) is 10.9. The standard InChI is InChI=1S/C13H19NO6/c14-10(13(19)20-7-9(5-15)6-16)3-8-1-2-11(17)12(18)4-8/h1-2,4,9-10,15-18H,3,5-7,14H2/t10-/m0/s1. The Labute approximate surface area is 116 Å². The second-order valence-corrected chi connectivity index (χ2v) is 4.49. The molecule has 0 fully saturated rings. The molecular formula is C13H19NO6. The summed E-state index contributed by atoms with van der Waals surface area (Å²) < 4.78 is 4.88. The molecule has 0 spiro atoms. The monoisotopic (exact) mass is 285 g/mol. The molecule has 1 aromatic carbocycles. The minimum Gasteiger partial charge on any atom is -0.504 e. The van der Waals surface area contributed by atoms with Gasteiger partial charge in [-0.1, -0.05) is 6.07 Å². The van der Waals surface area contributed by atoms with E-state index in [4.69, 9.17) is 25.8 Å². The van der Waals surface area contributed by atoms with Crippen molar-refractivity contribution in [2.45, 2.75) is 12.5 Å². The summed E-state index contributed by atoms with van der Waals surface area (Å²) in [6, 6.07) is 3.21. The molecule has 1 atom stereocenters. The molecule has 7 heteroatoms. The summed E-state index contributed by atoms with van der Waals surface area (Å²) in [6.07, 6.45) is 0.135. The Morgan fingerprint density at radius 1 is 1.20 bits per heavy atom. The maximum atomic E-state index is 11.6. The summed E-state index contributed by atoms with van der Waals surface area (Å²) in [5, 5.41) is 36.2. The van der Waals surface area contributed by atoms with E-state index in [0.29, 0.717) is 5.56 Å². The maximum Gasteiger partial charge on any atom is 0.323 e. The van der Waals surface area contributed by atoms with E-state index in [1.54, 1.807) is 0 Å². The zero-order chi connectivity index (χ0) is 15.1. The average molecular weight is 285 g/mol. The lowest BCUT2D eigenvalue weighted by Crippen LogP contribution is -2.36. The number of nitrogens with two attached hydrogens (primary N) is 1. The first-order valence-electron chi connectivity index (χ1n) is 6.12. The van der Waals surface area contributed by atoms with Crippen LogP contribution in [0.1, 0.15) is 5.56 Å². The van der Waals surface area contributed by atoms with Crippen LogP contribution in [0.4, 0.5) is 0 Å². The van der Waals surface area contributed by atoms with Crippen molar-refractivity contribution in [3.05, 3.63) is 23.8 Å². The molecule has 1 rings (SSSR count). The predicted molar refractivity (Wildman–Crippen MR) is 70.1 cm³/mol. The third-order valence-corrected chi connectivity index (χ3v) is 2.78. The number of phenolic OH excluding ortho intramolecular Hbond substituents is 2. The summed E-state index contributed by atoms with van der Waals surface area (Å²) in [4.78, 5) is 11.6. The highest BCUT2D eigenvalue weighted by Crippen LogP contribution is 2.25. The largest absolute Gasteiger partial charge is 0.504 e. The summed E-state index contributed by atoms with van der Waals surface area (Å²) >= 11 is 0. The van der Waals surface area contributed by atoms with Crippen molar-refractivity contribution >= 4 is 5.97 Å². The highest BCUT2D eigenvalue weighted by Gasteiger charge is 2.18. The van der Waals surface area contributed by atoms with E-state index in [-0.39, 0.29) is 37.7 Å². The van der Waals surface area contributed by atoms with Crippen LogP contribution < -0.4 is 5.73 Å². The number of carbonyl (C=O) groups is 1. The summed E-state index contributed by atoms with van der Waals surface area (Å²) in [7, 11) is 0. The minimum atomic E-state index is -0.933. The van der Waals surface area contributed by atoms with E-state index >= 15 is 0 Å². The van der Waals surface area contributed by atoms with E-state index in [9.17, 15) is 9.90 Å². The van der Waals surface area contributed by atoms with Gasteiger partial charge < -0.3 is 30.9 Å². The molecule has 0 saturated carbocycles. The number of aliphatic hydroxyl groups excluding tert-OH is 2. The van der Waals surface area contributed by atoms with Crippen LogP contribution >= 0.6 is 0 Å². The Kier molecular flexibility index (Phi) is 6.23. The molecule has 7 nitrogen and oxygen atoms in total. The van der Waals surface area contributed by atoms with Gasteiger partial charge in [0.15, 0.2) is 11.5 Å². The molecule has 0 aliphatic carbocycles. The Morgan fingerprint density at radius 3 is 2.40 bits per heavy atom. The lowest BCUT2D eigenvalue weighted by Gasteiger charge is -2.15. The van der Waals surface area contributed by atoms with Gasteiger partial charge in [0.1, 0.15) is 6.04 Å². The Bertz CT molecular complexity index is 446. The van der Waals surface area contributed by atoms with Gasteiger partial charge in [0.25, 0.3) is 0 Å². The number of aliphatic hydroxyl groups is 2. The maximum absolute atomic E-state index is 11.6. The third-order valence-electron chi connectivity index (χ3n) is 2.78. The van der Waals surface area contributed by atoms with E-state index in [2.05, 4.69) is 0 Å². The molecule has 1 aromatic rings. The van der Waals surface area contributed by atoms with Crippen molar-refractivity contribution in [2.24, 2.45) is 11.7 Å². The number of phenols is 2. The number of ether oxygens (including phenoxy) is 1. The Balaban J connectivity index is 2.50. The molecule has 0 aromatic heterocycles.